The number of esters is 1. The van der Waals surface area contributed by atoms with Crippen LogP contribution >= 0.6 is 0 Å². The lowest BCUT2D eigenvalue weighted by atomic mass is 9.61. The van der Waals surface area contributed by atoms with E-state index in [1.54, 1.807) is 0 Å². The molecule has 2 N–H and O–H groups in total. The van der Waals surface area contributed by atoms with Crippen molar-refractivity contribution in [3.8, 4) is 0 Å². The first kappa shape index (κ1) is 16.8. The molecule has 2 aliphatic rings. The lowest BCUT2D eigenvalue weighted by Crippen LogP contribution is -2.63. The van der Waals surface area contributed by atoms with Crippen molar-refractivity contribution in [2.45, 2.75) is 78.0 Å². The zero-order valence-electron chi connectivity index (χ0n) is 14.7. The standard InChI is InChI=1S/C17H32N2O2/c1-14(2,3)21-13(20)12-8-18-11-17(12)9-15(4,5)19-16(6,7)10-17/h12,18-19H,8-11H2,1-7H3. The van der Waals surface area contributed by atoms with Gasteiger partial charge in [-0.2, -0.15) is 0 Å². The lowest BCUT2D eigenvalue weighted by Gasteiger charge is -2.53. The van der Waals surface area contributed by atoms with Crippen LogP contribution in [0, 0.1) is 11.3 Å². The molecule has 2 aliphatic heterocycles. The van der Waals surface area contributed by atoms with Gasteiger partial charge in [0.2, 0.25) is 0 Å². The molecule has 0 aromatic carbocycles. The smallest absolute Gasteiger partial charge is 0.311 e. The zero-order valence-corrected chi connectivity index (χ0v) is 14.7. The molecule has 1 unspecified atom stereocenters. The van der Waals surface area contributed by atoms with Gasteiger partial charge < -0.3 is 15.4 Å². The maximum atomic E-state index is 12.7. The maximum Gasteiger partial charge on any atom is 0.311 e. The van der Waals surface area contributed by atoms with Gasteiger partial charge in [-0.3, -0.25) is 4.79 Å². The fraction of sp³-hybridized carbons (Fsp3) is 0.941. The second-order valence-corrected chi connectivity index (χ2v) is 9.33. The van der Waals surface area contributed by atoms with Gasteiger partial charge in [-0.05, 0) is 61.3 Å². The van der Waals surface area contributed by atoms with Gasteiger partial charge in [-0.15, -0.1) is 0 Å². The normalized spacial score (nSPS) is 30.3. The first-order valence-electron chi connectivity index (χ1n) is 8.07. The zero-order chi connectivity index (χ0) is 16.1. The summed E-state index contributed by atoms with van der Waals surface area (Å²) in [5.41, 5.74) is -0.346. The minimum Gasteiger partial charge on any atom is -0.460 e. The van der Waals surface area contributed by atoms with Crippen LogP contribution in [0.3, 0.4) is 0 Å². The Hall–Kier alpha value is -0.610. The van der Waals surface area contributed by atoms with Crippen molar-refractivity contribution in [2.75, 3.05) is 13.1 Å². The second kappa shape index (κ2) is 4.95. The third-order valence-corrected chi connectivity index (χ3v) is 4.52. The molecule has 1 atom stereocenters. The van der Waals surface area contributed by atoms with Gasteiger partial charge in [0.25, 0.3) is 0 Å². The average Bonchev–Trinajstić information content (AvgIpc) is 2.52. The number of carbonyl (C=O) groups excluding carboxylic acids is 1. The van der Waals surface area contributed by atoms with Crippen molar-refractivity contribution in [3.63, 3.8) is 0 Å². The third kappa shape index (κ3) is 3.78. The summed E-state index contributed by atoms with van der Waals surface area (Å²) in [5, 5.41) is 7.16. The molecule has 1 spiro atoms. The summed E-state index contributed by atoms with van der Waals surface area (Å²) < 4.78 is 5.69. The van der Waals surface area contributed by atoms with Crippen LogP contribution < -0.4 is 10.6 Å². The van der Waals surface area contributed by atoms with Crippen LogP contribution in [-0.4, -0.2) is 35.7 Å². The van der Waals surface area contributed by atoms with E-state index in [-0.39, 0.29) is 28.4 Å². The number of rotatable bonds is 1. The van der Waals surface area contributed by atoms with Crippen LogP contribution in [0.4, 0.5) is 0 Å². The van der Waals surface area contributed by atoms with Gasteiger partial charge in [-0.1, -0.05) is 0 Å². The Balaban J connectivity index is 2.25. The molecule has 4 heteroatoms. The van der Waals surface area contributed by atoms with Crippen LogP contribution in [0.5, 0.6) is 0 Å². The van der Waals surface area contributed by atoms with E-state index in [0.29, 0.717) is 0 Å². The average molecular weight is 296 g/mol. The first-order chi connectivity index (χ1) is 9.34. The summed E-state index contributed by atoms with van der Waals surface area (Å²) in [6.07, 6.45) is 2.00. The number of carbonyl (C=O) groups is 1. The highest BCUT2D eigenvalue weighted by Gasteiger charge is 2.55. The second-order valence-electron chi connectivity index (χ2n) is 9.33. The van der Waals surface area contributed by atoms with Crippen molar-refractivity contribution < 1.29 is 9.53 Å². The number of piperidine rings is 1. The molecular weight excluding hydrogens is 264 g/mol. The highest BCUT2D eigenvalue weighted by atomic mass is 16.6. The highest BCUT2D eigenvalue weighted by molar-refractivity contribution is 5.75. The summed E-state index contributed by atoms with van der Waals surface area (Å²) in [7, 11) is 0. The molecular formula is C17H32N2O2. The Morgan fingerprint density at radius 2 is 1.62 bits per heavy atom. The Morgan fingerprint density at radius 3 is 2.10 bits per heavy atom. The minimum atomic E-state index is -0.418. The number of hydrogen-bond acceptors (Lipinski definition) is 4. The van der Waals surface area contributed by atoms with E-state index >= 15 is 0 Å². The van der Waals surface area contributed by atoms with Gasteiger partial charge in [0, 0.05) is 29.6 Å². The highest BCUT2D eigenvalue weighted by Crippen LogP contribution is 2.49. The molecule has 2 rings (SSSR count). The minimum absolute atomic E-state index is 0.000579. The predicted molar refractivity (Wildman–Crippen MR) is 85.2 cm³/mol. The van der Waals surface area contributed by atoms with Crippen molar-refractivity contribution >= 4 is 5.97 Å². The van der Waals surface area contributed by atoms with Crippen LogP contribution in [0.2, 0.25) is 0 Å². The molecule has 0 aliphatic carbocycles. The monoisotopic (exact) mass is 296 g/mol. The van der Waals surface area contributed by atoms with Gasteiger partial charge in [0.15, 0.2) is 0 Å². The summed E-state index contributed by atoms with van der Waals surface area (Å²) in [6.45, 7) is 16.4. The molecule has 0 amide bonds. The molecule has 2 saturated heterocycles. The van der Waals surface area contributed by atoms with E-state index in [1.165, 1.54) is 0 Å². The Morgan fingerprint density at radius 1 is 1.10 bits per heavy atom. The van der Waals surface area contributed by atoms with Crippen LogP contribution in [0.1, 0.15) is 61.3 Å². The Bertz CT molecular complexity index is 405. The molecule has 2 fully saturated rings. The van der Waals surface area contributed by atoms with Crippen LogP contribution in [0.25, 0.3) is 0 Å². The molecule has 0 aromatic heterocycles. The van der Waals surface area contributed by atoms with Crippen LogP contribution in [0.15, 0.2) is 0 Å². The number of ether oxygens (including phenoxy) is 1. The summed E-state index contributed by atoms with van der Waals surface area (Å²) >= 11 is 0. The van der Waals surface area contributed by atoms with Crippen molar-refractivity contribution in [1.82, 2.24) is 10.6 Å². The molecule has 122 valence electrons. The molecule has 2 heterocycles. The fourth-order valence-electron chi connectivity index (χ4n) is 4.71. The van der Waals surface area contributed by atoms with E-state index in [4.69, 9.17) is 4.74 Å². The summed E-state index contributed by atoms with van der Waals surface area (Å²) in [5.74, 6) is -0.0848. The first-order valence-corrected chi connectivity index (χ1v) is 8.07. The Kier molecular flexibility index (Phi) is 3.95. The van der Waals surface area contributed by atoms with Crippen molar-refractivity contribution in [3.05, 3.63) is 0 Å². The molecule has 21 heavy (non-hydrogen) atoms. The quantitative estimate of drug-likeness (QED) is 0.730. The van der Waals surface area contributed by atoms with Crippen molar-refractivity contribution in [1.29, 1.82) is 0 Å². The van der Waals surface area contributed by atoms with Gasteiger partial charge in [0.1, 0.15) is 5.60 Å². The van der Waals surface area contributed by atoms with Crippen LogP contribution in [-0.2, 0) is 9.53 Å². The third-order valence-electron chi connectivity index (χ3n) is 4.52. The van der Waals surface area contributed by atoms with E-state index in [9.17, 15) is 4.79 Å². The largest absolute Gasteiger partial charge is 0.460 e. The fourth-order valence-corrected chi connectivity index (χ4v) is 4.71. The van der Waals surface area contributed by atoms with E-state index in [2.05, 4.69) is 38.3 Å². The number of hydrogen-bond donors (Lipinski definition) is 2. The van der Waals surface area contributed by atoms with Gasteiger partial charge >= 0.3 is 5.97 Å². The molecule has 0 saturated carbocycles. The SMILES string of the molecule is CC1(C)CC2(CNCC2C(=O)OC(C)(C)C)CC(C)(C)N1. The molecule has 0 aromatic rings. The Labute approximate surface area is 129 Å². The summed E-state index contributed by atoms with van der Waals surface area (Å²) in [6, 6.07) is 0. The maximum absolute atomic E-state index is 12.7. The lowest BCUT2D eigenvalue weighted by molar-refractivity contribution is -0.165. The van der Waals surface area contributed by atoms with Crippen molar-refractivity contribution in [2.24, 2.45) is 11.3 Å². The molecule has 0 bridgehead atoms. The summed E-state index contributed by atoms with van der Waals surface area (Å²) in [4.78, 5) is 12.7. The molecule has 0 radical (unpaired) electrons. The van der Waals surface area contributed by atoms with Gasteiger partial charge in [-0.25, -0.2) is 0 Å². The van der Waals surface area contributed by atoms with E-state index in [1.807, 2.05) is 20.8 Å². The molecule has 4 nitrogen and oxygen atoms in total. The van der Waals surface area contributed by atoms with E-state index < -0.39 is 5.60 Å². The van der Waals surface area contributed by atoms with E-state index in [0.717, 1.165) is 25.9 Å². The van der Waals surface area contributed by atoms with Gasteiger partial charge in [0.05, 0.1) is 5.92 Å². The predicted octanol–water partition coefficient (Wildman–Crippen LogP) is 2.47. The number of nitrogens with one attached hydrogen (secondary N) is 2. The topological polar surface area (TPSA) is 50.4 Å².